The van der Waals surface area contributed by atoms with Crippen LogP contribution in [-0.2, 0) is 0 Å². The molecule has 0 aromatic carbocycles. The van der Waals surface area contributed by atoms with Gasteiger partial charge in [0.05, 0.1) is 0 Å². The summed E-state index contributed by atoms with van der Waals surface area (Å²) in [7, 11) is 0. The van der Waals surface area contributed by atoms with Gasteiger partial charge in [0.2, 0.25) is 0 Å². The summed E-state index contributed by atoms with van der Waals surface area (Å²) in [4.78, 5) is 0. The Balaban J connectivity index is 0. The van der Waals surface area contributed by atoms with E-state index in [0.29, 0.717) is 0 Å². The minimum atomic E-state index is 0. The van der Waals surface area contributed by atoms with Crippen LogP contribution in [0.1, 0.15) is 0 Å². The van der Waals surface area contributed by atoms with Gasteiger partial charge in [-0.15, -0.1) is 0 Å². The molecule has 0 nitrogen and oxygen atoms in total. The number of halogens is 4. The Kier molecular flexibility index (Phi) is 211. The molecule has 0 aliphatic carbocycles. The number of hydrogen-bond acceptors (Lipinski definition) is 0. The third-order valence-electron chi connectivity index (χ3n) is 0. The molecule has 0 unspecified atom stereocenters. The van der Waals surface area contributed by atoms with E-state index in [2.05, 4.69) is 0 Å². The third-order valence-corrected chi connectivity index (χ3v) is 0. The van der Waals surface area contributed by atoms with Crippen LogP contribution in [0.5, 0.6) is 0 Å². The molecule has 0 aliphatic rings. The predicted octanol–water partition coefficient (Wildman–Crippen LogP) is -15.0. The van der Waals surface area contributed by atoms with Crippen molar-refractivity contribution in [3.63, 3.8) is 0 Å². The molecule has 0 rings (SSSR count). The Morgan fingerprint density at radius 1 is 0.500 bits per heavy atom. The molecule has 0 heterocycles. The molecule has 0 bridgehead atoms. The van der Waals surface area contributed by atoms with Crippen LogP contribution in [0.3, 0.4) is 0 Å². The Hall–Kier alpha value is 5.79. The zero-order valence-corrected chi connectivity index (χ0v) is 16.2. The first-order chi connectivity index (χ1) is 0. The smallest absolute Gasteiger partial charge is 1.00 e. The molecule has 44 valence electrons. The van der Waals surface area contributed by atoms with Crippen molar-refractivity contribution in [2.45, 2.75) is 0 Å². The Labute approximate surface area is 178 Å². The topological polar surface area (TPSA) is 0 Å². The van der Waals surface area contributed by atoms with E-state index < -0.39 is 0 Å². The van der Waals surface area contributed by atoms with Gasteiger partial charge in [0.15, 0.2) is 0 Å². The minimum Gasteiger partial charge on any atom is -1.00 e. The molecule has 0 amide bonds. The molecular formula is I4KLu. The van der Waals surface area contributed by atoms with Crippen LogP contribution in [0.15, 0.2) is 0 Å². The van der Waals surface area contributed by atoms with Crippen LogP contribution in [0.4, 0.5) is 0 Å². The maximum Gasteiger partial charge on any atom is 3.00 e. The van der Waals surface area contributed by atoms with E-state index in [0.717, 1.165) is 0 Å². The van der Waals surface area contributed by atoms with E-state index in [1.165, 1.54) is 0 Å². The maximum atomic E-state index is 0. The van der Waals surface area contributed by atoms with E-state index in [9.17, 15) is 0 Å². The largest absolute Gasteiger partial charge is 3.00 e. The molecule has 6 heavy (non-hydrogen) atoms. The number of hydrogen-bond donors (Lipinski definition) is 0. The molecule has 0 atom stereocenters. The summed E-state index contributed by atoms with van der Waals surface area (Å²) >= 11 is 0. The fourth-order valence-corrected chi connectivity index (χ4v) is 0. The fraction of sp³-hybridized carbons (Fsp3) is 0. The van der Waals surface area contributed by atoms with Gasteiger partial charge in [0.1, 0.15) is 0 Å². The Morgan fingerprint density at radius 2 is 0.500 bits per heavy atom. The molecule has 0 aromatic rings. The molecule has 0 N–H and O–H groups in total. The van der Waals surface area contributed by atoms with Crippen LogP contribution < -0.4 is 147 Å². The zero-order chi connectivity index (χ0) is 0. The summed E-state index contributed by atoms with van der Waals surface area (Å²) in [5.41, 5.74) is 0. The first-order valence-electron chi connectivity index (χ1n) is 0. The monoisotopic (exact) mass is 722 g/mol. The van der Waals surface area contributed by atoms with Crippen molar-refractivity contribution >= 4 is 0 Å². The summed E-state index contributed by atoms with van der Waals surface area (Å²) in [5.74, 6) is 0. The molecule has 0 saturated carbocycles. The fourth-order valence-electron chi connectivity index (χ4n) is 0. The van der Waals surface area contributed by atoms with Crippen molar-refractivity contribution in [2.75, 3.05) is 0 Å². The van der Waals surface area contributed by atoms with Crippen molar-refractivity contribution in [3.8, 4) is 0 Å². The van der Waals surface area contributed by atoms with Gasteiger partial charge in [-0.3, -0.25) is 0 Å². The van der Waals surface area contributed by atoms with Gasteiger partial charge in [-0.2, -0.15) is 0 Å². The summed E-state index contributed by atoms with van der Waals surface area (Å²) in [6.07, 6.45) is 0. The standard InChI is InChI=1S/4HI.K.Lu/h4*1H;;/q;;;;+1;+3/p-4. The average molecular weight is 722 g/mol. The molecule has 6 heteroatoms. The molecule has 0 fully saturated rings. The van der Waals surface area contributed by atoms with E-state index in [1.807, 2.05) is 0 Å². The quantitative estimate of drug-likeness (QED) is 0.173. The van der Waals surface area contributed by atoms with Gasteiger partial charge < -0.3 is 95.9 Å². The third kappa shape index (κ3) is 22.6. The van der Waals surface area contributed by atoms with Crippen molar-refractivity contribution < 1.29 is 184 Å². The van der Waals surface area contributed by atoms with Crippen LogP contribution in [0, 0.1) is 36.9 Å². The number of rotatable bonds is 0. The van der Waals surface area contributed by atoms with Crippen molar-refractivity contribution in [3.05, 3.63) is 0 Å². The second kappa shape index (κ2) is 30.8. The zero-order valence-electron chi connectivity index (χ0n) is 2.77. The van der Waals surface area contributed by atoms with E-state index in [1.54, 1.807) is 0 Å². The maximum absolute atomic E-state index is 0. The van der Waals surface area contributed by atoms with Gasteiger partial charge in [0.25, 0.3) is 0 Å². The Bertz CT molecular complexity index is 7.51. The van der Waals surface area contributed by atoms with Crippen molar-refractivity contribution in [2.24, 2.45) is 0 Å². The van der Waals surface area contributed by atoms with E-state index in [-0.39, 0.29) is 184 Å². The first kappa shape index (κ1) is 40.9. The molecule has 0 saturated heterocycles. The van der Waals surface area contributed by atoms with Crippen molar-refractivity contribution in [1.82, 2.24) is 0 Å². The summed E-state index contributed by atoms with van der Waals surface area (Å²) in [6, 6.07) is 0. The molecule has 0 aromatic heterocycles. The average Bonchev–Trinajstić information content (AvgIpc) is 0. The summed E-state index contributed by atoms with van der Waals surface area (Å²) in [5, 5.41) is 0. The van der Waals surface area contributed by atoms with Crippen molar-refractivity contribution in [1.29, 1.82) is 0 Å². The van der Waals surface area contributed by atoms with Gasteiger partial charge in [0, 0.05) is 0 Å². The summed E-state index contributed by atoms with van der Waals surface area (Å²) in [6.45, 7) is 0. The van der Waals surface area contributed by atoms with E-state index >= 15 is 0 Å². The molecule has 0 radical (unpaired) electrons. The van der Waals surface area contributed by atoms with Crippen LogP contribution >= 0.6 is 0 Å². The van der Waals surface area contributed by atoms with Gasteiger partial charge in [-0.1, -0.05) is 0 Å². The SMILES string of the molecule is [I-].[I-].[I-].[I-].[K+].[Lu+3]. The normalized spacial score (nSPS) is 0. The van der Waals surface area contributed by atoms with E-state index in [4.69, 9.17) is 0 Å². The summed E-state index contributed by atoms with van der Waals surface area (Å²) < 4.78 is 0. The second-order valence-electron chi connectivity index (χ2n) is 0. The molecular weight excluding hydrogens is 722 g/mol. The second-order valence-corrected chi connectivity index (χ2v) is 0. The van der Waals surface area contributed by atoms with Crippen LogP contribution in [0.2, 0.25) is 0 Å². The minimum absolute atomic E-state index is 0. The molecule has 0 aliphatic heterocycles. The van der Waals surface area contributed by atoms with Gasteiger partial charge >= 0.3 is 88.3 Å². The Morgan fingerprint density at radius 3 is 0.500 bits per heavy atom. The first-order valence-corrected chi connectivity index (χ1v) is 0. The van der Waals surface area contributed by atoms with Crippen LogP contribution in [0.25, 0.3) is 0 Å². The molecule has 0 spiro atoms. The predicted molar refractivity (Wildman–Crippen MR) is 0 cm³/mol. The van der Waals surface area contributed by atoms with Gasteiger partial charge in [-0.05, 0) is 0 Å². The van der Waals surface area contributed by atoms with Gasteiger partial charge in [-0.25, -0.2) is 0 Å². The van der Waals surface area contributed by atoms with Crippen LogP contribution in [-0.4, -0.2) is 0 Å².